The average molecular weight is 443 g/mol. The molecule has 1 N–H and O–H groups in total. The van der Waals surface area contributed by atoms with E-state index in [1.54, 1.807) is 18.2 Å². The number of carbonyl (C=O) groups is 1. The Kier molecular flexibility index (Phi) is 8.83. The first kappa shape index (κ1) is 23.9. The van der Waals surface area contributed by atoms with Crippen molar-refractivity contribution in [2.45, 2.75) is 12.5 Å². The van der Waals surface area contributed by atoms with Crippen LogP contribution in [0.1, 0.15) is 5.56 Å². The van der Waals surface area contributed by atoms with Crippen molar-refractivity contribution in [2.75, 3.05) is 45.4 Å². The number of morpholine rings is 1. The number of ether oxygens (including phenoxy) is 3. The van der Waals surface area contributed by atoms with Gasteiger partial charge in [-0.2, -0.15) is 0 Å². The molecule has 0 aromatic heterocycles. The summed E-state index contributed by atoms with van der Waals surface area (Å²) in [5.74, 6) is -0.776. The highest BCUT2D eigenvalue weighted by Gasteiger charge is 2.27. The second-order valence-corrected chi connectivity index (χ2v) is 6.68. The number of hydrogen-bond donors (Lipinski definition) is 1. The number of carbonyl (C=O) groups excluding carboxylic acids is 1. The summed E-state index contributed by atoms with van der Waals surface area (Å²) in [6, 6.07) is 9.21. The average Bonchev–Trinajstić information content (AvgIpc) is 2.73. The van der Waals surface area contributed by atoms with Gasteiger partial charge in [0.2, 0.25) is 0 Å². The van der Waals surface area contributed by atoms with E-state index in [9.17, 15) is 13.6 Å². The summed E-state index contributed by atoms with van der Waals surface area (Å²) < 4.78 is 42.9. The van der Waals surface area contributed by atoms with Gasteiger partial charge < -0.3 is 24.4 Å². The van der Waals surface area contributed by atoms with E-state index < -0.39 is 5.82 Å². The Morgan fingerprint density at radius 3 is 2.57 bits per heavy atom. The molecule has 1 fully saturated rings. The first-order chi connectivity index (χ1) is 14.0. The third-order valence-electron chi connectivity index (χ3n) is 4.75. The highest BCUT2D eigenvalue weighted by atomic mass is 35.5. The minimum absolute atomic E-state index is 0. The molecule has 1 aliphatic heterocycles. The zero-order valence-electron chi connectivity index (χ0n) is 16.8. The molecule has 2 aromatic carbocycles. The molecule has 164 valence electrons. The predicted octanol–water partition coefficient (Wildman–Crippen LogP) is 2.97. The van der Waals surface area contributed by atoms with Crippen molar-refractivity contribution in [1.29, 1.82) is 0 Å². The van der Waals surface area contributed by atoms with E-state index in [-0.39, 0.29) is 48.3 Å². The SMILES string of the molecule is COc1ccc(N2CC(CNCCc3ccc(F)c(OC)c3)OCC2=O)cc1F.Cl. The molecule has 1 unspecified atom stereocenters. The monoisotopic (exact) mass is 442 g/mol. The maximum Gasteiger partial charge on any atom is 0.253 e. The quantitative estimate of drug-likeness (QED) is 0.637. The van der Waals surface area contributed by atoms with E-state index in [0.717, 1.165) is 5.56 Å². The molecule has 0 saturated carbocycles. The molecule has 0 radical (unpaired) electrons. The summed E-state index contributed by atoms with van der Waals surface area (Å²) >= 11 is 0. The van der Waals surface area contributed by atoms with E-state index in [2.05, 4.69) is 5.32 Å². The highest BCUT2D eigenvalue weighted by molar-refractivity contribution is 5.95. The van der Waals surface area contributed by atoms with Gasteiger partial charge in [0, 0.05) is 18.3 Å². The molecule has 0 bridgehead atoms. The molecule has 9 heteroatoms. The van der Waals surface area contributed by atoms with E-state index in [1.807, 2.05) is 0 Å². The highest BCUT2D eigenvalue weighted by Crippen LogP contribution is 2.25. The van der Waals surface area contributed by atoms with Gasteiger partial charge in [0.25, 0.3) is 5.91 Å². The smallest absolute Gasteiger partial charge is 0.253 e. The zero-order valence-corrected chi connectivity index (χ0v) is 17.6. The van der Waals surface area contributed by atoms with Crippen molar-refractivity contribution in [2.24, 2.45) is 0 Å². The first-order valence-electron chi connectivity index (χ1n) is 9.30. The minimum atomic E-state index is -0.520. The molecule has 1 atom stereocenters. The molecule has 1 saturated heterocycles. The summed E-state index contributed by atoms with van der Waals surface area (Å²) in [6.07, 6.45) is 0.469. The molecule has 6 nitrogen and oxygen atoms in total. The van der Waals surface area contributed by atoms with Crippen LogP contribution >= 0.6 is 12.4 Å². The van der Waals surface area contributed by atoms with Crippen molar-refractivity contribution in [3.63, 3.8) is 0 Å². The summed E-state index contributed by atoms with van der Waals surface area (Å²) in [5.41, 5.74) is 1.42. The van der Waals surface area contributed by atoms with Gasteiger partial charge in [-0.1, -0.05) is 6.07 Å². The fourth-order valence-corrected chi connectivity index (χ4v) is 3.18. The number of benzene rings is 2. The number of amides is 1. The molecule has 30 heavy (non-hydrogen) atoms. The largest absolute Gasteiger partial charge is 0.494 e. The maximum atomic E-state index is 14.0. The second kappa shape index (κ2) is 11.1. The maximum absolute atomic E-state index is 14.0. The predicted molar refractivity (Wildman–Crippen MR) is 112 cm³/mol. The number of methoxy groups -OCH3 is 2. The minimum Gasteiger partial charge on any atom is -0.494 e. The van der Waals surface area contributed by atoms with E-state index in [1.165, 1.54) is 37.3 Å². The fraction of sp³-hybridized carbons (Fsp3) is 0.381. The molecule has 1 amide bonds. The van der Waals surface area contributed by atoms with E-state index >= 15 is 0 Å². The Balaban J connectivity index is 0.00000320. The Bertz CT molecular complexity index is 869. The normalized spacial score (nSPS) is 16.2. The van der Waals surface area contributed by atoms with Crippen LogP contribution < -0.4 is 19.7 Å². The van der Waals surface area contributed by atoms with Gasteiger partial charge in [-0.25, -0.2) is 8.78 Å². The van der Waals surface area contributed by atoms with E-state index in [0.29, 0.717) is 31.7 Å². The number of nitrogens with zero attached hydrogens (tertiary/aromatic N) is 1. The number of nitrogens with one attached hydrogen (secondary N) is 1. The van der Waals surface area contributed by atoms with Gasteiger partial charge in [0.05, 0.1) is 26.9 Å². The third-order valence-corrected chi connectivity index (χ3v) is 4.75. The standard InChI is InChI=1S/C21H24F2N2O4.ClH/c1-27-19-6-4-15(10-18(19)23)25-12-16(29-13-21(25)26)11-24-8-7-14-3-5-17(22)20(9-14)28-2;/h3-6,9-10,16,24H,7-8,11-13H2,1-2H3;1H. The van der Waals surface area contributed by atoms with Crippen LogP contribution in [0.15, 0.2) is 36.4 Å². The van der Waals surface area contributed by atoms with Crippen molar-refractivity contribution in [1.82, 2.24) is 5.32 Å². The van der Waals surface area contributed by atoms with Crippen LogP contribution in [0, 0.1) is 11.6 Å². The topological polar surface area (TPSA) is 60.0 Å². The number of halogens is 3. The van der Waals surface area contributed by atoms with Crippen LogP contribution in [0.25, 0.3) is 0 Å². The molecule has 2 aromatic rings. The van der Waals surface area contributed by atoms with Crippen LogP contribution in [0.5, 0.6) is 11.5 Å². The fourth-order valence-electron chi connectivity index (χ4n) is 3.18. The molecular formula is C21H25ClF2N2O4. The Morgan fingerprint density at radius 2 is 1.87 bits per heavy atom. The van der Waals surface area contributed by atoms with Gasteiger partial charge >= 0.3 is 0 Å². The van der Waals surface area contributed by atoms with Crippen LogP contribution in [0.2, 0.25) is 0 Å². The molecule has 0 aliphatic carbocycles. The number of anilines is 1. The molecule has 1 heterocycles. The Labute approximate surface area is 180 Å². The van der Waals surface area contributed by atoms with Gasteiger partial charge in [-0.15, -0.1) is 12.4 Å². The number of hydrogen-bond acceptors (Lipinski definition) is 5. The van der Waals surface area contributed by atoms with Crippen LogP contribution in [0.4, 0.5) is 14.5 Å². The van der Waals surface area contributed by atoms with Crippen molar-refractivity contribution in [3.8, 4) is 11.5 Å². The lowest BCUT2D eigenvalue weighted by Gasteiger charge is -2.33. The van der Waals surface area contributed by atoms with Gasteiger partial charge in [-0.05, 0) is 42.8 Å². The van der Waals surface area contributed by atoms with Crippen LogP contribution in [-0.2, 0) is 16.0 Å². The Hall–Kier alpha value is -2.42. The van der Waals surface area contributed by atoms with E-state index in [4.69, 9.17) is 14.2 Å². The van der Waals surface area contributed by atoms with Crippen LogP contribution in [0.3, 0.4) is 0 Å². The molecule has 3 rings (SSSR count). The van der Waals surface area contributed by atoms with Crippen LogP contribution in [-0.4, -0.2) is 52.5 Å². The zero-order chi connectivity index (χ0) is 20.8. The second-order valence-electron chi connectivity index (χ2n) is 6.68. The summed E-state index contributed by atoms with van der Waals surface area (Å²) in [5, 5.41) is 3.28. The van der Waals surface area contributed by atoms with Crippen molar-refractivity contribution >= 4 is 24.0 Å². The summed E-state index contributed by atoms with van der Waals surface area (Å²) in [7, 11) is 2.82. The third kappa shape index (κ3) is 5.81. The Morgan fingerprint density at radius 1 is 1.10 bits per heavy atom. The molecule has 1 aliphatic rings. The molecular weight excluding hydrogens is 418 g/mol. The van der Waals surface area contributed by atoms with Gasteiger partial charge in [0.15, 0.2) is 23.1 Å². The van der Waals surface area contributed by atoms with Crippen molar-refractivity contribution < 1.29 is 27.8 Å². The lowest BCUT2D eigenvalue weighted by atomic mass is 10.1. The lowest BCUT2D eigenvalue weighted by Crippen LogP contribution is -2.50. The van der Waals surface area contributed by atoms with Gasteiger partial charge in [-0.3, -0.25) is 4.79 Å². The van der Waals surface area contributed by atoms with Crippen molar-refractivity contribution in [3.05, 3.63) is 53.6 Å². The lowest BCUT2D eigenvalue weighted by molar-refractivity contribution is -0.129. The number of rotatable bonds is 8. The first-order valence-corrected chi connectivity index (χ1v) is 9.30. The van der Waals surface area contributed by atoms with Gasteiger partial charge in [0.1, 0.15) is 6.61 Å². The summed E-state index contributed by atoms with van der Waals surface area (Å²) in [4.78, 5) is 13.7. The molecule has 0 spiro atoms. The summed E-state index contributed by atoms with van der Waals surface area (Å²) in [6.45, 7) is 1.44.